The van der Waals surface area contributed by atoms with Gasteiger partial charge in [-0.3, -0.25) is 9.78 Å². The highest BCUT2D eigenvalue weighted by molar-refractivity contribution is 6.30. The Balaban J connectivity index is 1.48. The molecule has 6 heteroatoms. The van der Waals surface area contributed by atoms with E-state index in [4.69, 9.17) is 16.3 Å². The highest BCUT2D eigenvalue weighted by Gasteiger charge is 2.27. The molecule has 1 atom stereocenters. The summed E-state index contributed by atoms with van der Waals surface area (Å²) in [5.41, 5.74) is 2.92. The number of carbonyl (C=O) groups excluding carboxylic acids is 1. The standard InChI is InChI=1S/C20H16ClFN2O2/c21-17-10-19-13(6-8-26-19)9-16(17)12-1-3-14(4-2-12)24-20(25)15-5-7-23-11-18(15)22/h1-5,7,10-11,16H,6,8-9H2,(H,24,25). The maximum absolute atomic E-state index is 13.6. The van der Waals surface area contributed by atoms with Crippen LogP contribution in [-0.2, 0) is 4.74 Å². The Kier molecular flexibility index (Phi) is 4.47. The lowest BCUT2D eigenvalue weighted by atomic mass is 9.87. The molecule has 0 fully saturated rings. The summed E-state index contributed by atoms with van der Waals surface area (Å²) in [4.78, 5) is 15.8. The Morgan fingerprint density at radius 2 is 2.08 bits per heavy atom. The van der Waals surface area contributed by atoms with Crippen LogP contribution in [0.4, 0.5) is 10.1 Å². The first-order chi connectivity index (χ1) is 12.6. The van der Waals surface area contributed by atoms with Gasteiger partial charge < -0.3 is 10.1 Å². The van der Waals surface area contributed by atoms with Gasteiger partial charge in [-0.05, 0) is 41.8 Å². The number of hydrogen-bond acceptors (Lipinski definition) is 3. The van der Waals surface area contributed by atoms with Gasteiger partial charge in [-0.25, -0.2) is 4.39 Å². The van der Waals surface area contributed by atoms with Crippen LogP contribution in [0.5, 0.6) is 0 Å². The molecular formula is C20H16ClFN2O2. The molecule has 0 saturated heterocycles. The number of hydrogen-bond donors (Lipinski definition) is 1. The summed E-state index contributed by atoms with van der Waals surface area (Å²) in [6.45, 7) is 0.717. The molecule has 2 heterocycles. The molecule has 2 aromatic rings. The first-order valence-corrected chi connectivity index (χ1v) is 8.72. The summed E-state index contributed by atoms with van der Waals surface area (Å²) in [6.07, 6.45) is 6.09. The number of anilines is 1. The molecule has 4 rings (SSSR count). The minimum atomic E-state index is -0.649. The average molecular weight is 371 g/mol. The van der Waals surface area contributed by atoms with E-state index in [1.807, 2.05) is 18.2 Å². The Labute approximate surface area is 155 Å². The van der Waals surface area contributed by atoms with Crippen LogP contribution in [0.1, 0.15) is 34.7 Å². The Morgan fingerprint density at radius 3 is 2.85 bits per heavy atom. The number of nitrogens with one attached hydrogen (secondary N) is 1. The predicted octanol–water partition coefficient (Wildman–Crippen LogP) is 4.76. The van der Waals surface area contributed by atoms with Crippen LogP contribution in [-0.4, -0.2) is 17.5 Å². The first kappa shape index (κ1) is 16.8. The highest BCUT2D eigenvalue weighted by atomic mass is 35.5. The summed E-state index contributed by atoms with van der Waals surface area (Å²) in [7, 11) is 0. The maximum atomic E-state index is 13.6. The second-order valence-corrected chi connectivity index (χ2v) is 6.72. The third-order valence-electron chi connectivity index (χ3n) is 4.65. The largest absolute Gasteiger partial charge is 0.493 e. The van der Waals surface area contributed by atoms with Crippen molar-refractivity contribution in [3.05, 3.63) is 82.1 Å². The lowest BCUT2D eigenvalue weighted by Gasteiger charge is -2.22. The Hall–Kier alpha value is -2.66. The van der Waals surface area contributed by atoms with E-state index in [1.165, 1.54) is 17.8 Å². The fourth-order valence-corrected chi connectivity index (χ4v) is 3.56. The zero-order chi connectivity index (χ0) is 18.1. The van der Waals surface area contributed by atoms with Crippen molar-refractivity contribution in [1.29, 1.82) is 0 Å². The number of carbonyl (C=O) groups is 1. The normalized spacial score (nSPS) is 18.8. The monoisotopic (exact) mass is 370 g/mol. The van der Waals surface area contributed by atoms with E-state index in [0.717, 1.165) is 35.4 Å². The molecule has 0 bridgehead atoms. The zero-order valence-electron chi connectivity index (χ0n) is 13.8. The van der Waals surface area contributed by atoms with E-state index in [-0.39, 0.29) is 11.5 Å². The van der Waals surface area contributed by atoms with Gasteiger partial charge in [0, 0.05) is 29.3 Å². The van der Waals surface area contributed by atoms with Gasteiger partial charge in [0.1, 0.15) is 5.76 Å². The van der Waals surface area contributed by atoms with Gasteiger partial charge in [-0.2, -0.15) is 0 Å². The van der Waals surface area contributed by atoms with E-state index < -0.39 is 11.7 Å². The van der Waals surface area contributed by atoms with E-state index in [0.29, 0.717) is 12.3 Å². The number of nitrogens with zero attached hydrogens (tertiary/aromatic N) is 1. The third kappa shape index (κ3) is 3.22. The number of rotatable bonds is 3. The van der Waals surface area contributed by atoms with Gasteiger partial charge in [0.2, 0.25) is 0 Å². The molecule has 0 radical (unpaired) electrons. The van der Waals surface area contributed by atoms with Gasteiger partial charge in [0.25, 0.3) is 5.91 Å². The molecule has 1 aromatic carbocycles. The number of allylic oxidation sites excluding steroid dienone is 2. The second-order valence-electron chi connectivity index (χ2n) is 6.28. The number of halogens is 2. The fraction of sp³-hybridized carbons (Fsp3) is 0.200. The molecule has 1 N–H and O–H groups in total. The highest BCUT2D eigenvalue weighted by Crippen LogP contribution is 2.42. The maximum Gasteiger partial charge on any atom is 0.258 e. The van der Waals surface area contributed by atoms with Crippen molar-refractivity contribution >= 4 is 23.2 Å². The average Bonchev–Trinajstić information content (AvgIpc) is 3.09. The van der Waals surface area contributed by atoms with Gasteiger partial charge >= 0.3 is 0 Å². The van der Waals surface area contributed by atoms with Gasteiger partial charge in [0.05, 0.1) is 18.4 Å². The van der Waals surface area contributed by atoms with Crippen molar-refractivity contribution in [1.82, 2.24) is 4.98 Å². The van der Waals surface area contributed by atoms with Crippen molar-refractivity contribution in [2.45, 2.75) is 18.8 Å². The smallest absolute Gasteiger partial charge is 0.258 e. The molecule has 1 aromatic heterocycles. The quantitative estimate of drug-likeness (QED) is 0.847. The fourth-order valence-electron chi connectivity index (χ4n) is 3.26. The summed E-state index contributed by atoms with van der Waals surface area (Å²) >= 11 is 6.43. The predicted molar refractivity (Wildman–Crippen MR) is 97.5 cm³/mol. The van der Waals surface area contributed by atoms with Crippen molar-refractivity contribution in [2.75, 3.05) is 11.9 Å². The van der Waals surface area contributed by atoms with Crippen molar-refractivity contribution in [2.24, 2.45) is 0 Å². The van der Waals surface area contributed by atoms with Crippen LogP contribution >= 0.6 is 11.6 Å². The minimum Gasteiger partial charge on any atom is -0.493 e. The summed E-state index contributed by atoms with van der Waals surface area (Å²) in [6, 6.07) is 8.80. The number of pyridine rings is 1. The molecule has 0 saturated carbocycles. The molecule has 1 aliphatic heterocycles. The number of amides is 1. The van der Waals surface area contributed by atoms with Crippen molar-refractivity contribution < 1.29 is 13.9 Å². The molecular weight excluding hydrogens is 355 g/mol. The third-order valence-corrected chi connectivity index (χ3v) is 5.02. The second kappa shape index (κ2) is 6.92. The van der Waals surface area contributed by atoms with Gasteiger partial charge in [-0.1, -0.05) is 23.7 Å². The zero-order valence-corrected chi connectivity index (χ0v) is 14.6. The molecule has 1 amide bonds. The van der Waals surface area contributed by atoms with E-state index in [1.54, 1.807) is 12.1 Å². The minimum absolute atomic E-state index is 0.0389. The summed E-state index contributed by atoms with van der Waals surface area (Å²) < 4.78 is 19.2. The topological polar surface area (TPSA) is 51.2 Å². The summed E-state index contributed by atoms with van der Waals surface area (Å²) in [5, 5.41) is 3.44. The lowest BCUT2D eigenvalue weighted by Crippen LogP contribution is -2.14. The van der Waals surface area contributed by atoms with Crippen LogP contribution < -0.4 is 5.32 Å². The first-order valence-electron chi connectivity index (χ1n) is 8.34. The van der Waals surface area contributed by atoms with Crippen LogP contribution in [0.2, 0.25) is 0 Å². The molecule has 26 heavy (non-hydrogen) atoms. The Bertz CT molecular complexity index is 922. The number of benzene rings is 1. The molecule has 4 nitrogen and oxygen atoms in total. The van der Waals surface area contributed by atoms with Crippen LogP contribution in [0.15, 0.2) is 65.2 Å². The SMILES string of the molecule is O=C(Nc1ccc(C2CC3=C(C=C2Cl)OCC3)cc1)c1ccncc1F. The van der Waals surface area contributed by atoms with Crippen molar-refractivity contribution in [3.8, 4) is 0 Å². The molecule has 1 aliphatic carbocycles. The lowest BCUT2D eigenvalue weighted by molar-refractivity contribution is 0.102. The van der Waals surface area contributed by atoms with E-state index in [2.05, 4.69) is 10.3 Å². The van der Waals surface area contributed by atoms with E-state index in [9.17, 15) is 9.18 Å². The molecule has 2 aliphatic rings. The van der Waals surface area contributed by atoms with Gasteiger partial charge in [0.15, 0.2) is 5.82 Å². The van der Waals surface area contributed by atoms with Gasteiger partial charge in [-0.15, -0.1) is 0 Å². The van der Waals surface area contributed by atoms with Crippen LogP contribution in [0, 0.1) is 5.82 Å². The Morgan fingerprint density at radius 1 is 1.27 bits per heavy atom. The molecule has 132 valence electrons. The van der Waals surface area contributed by atoms with Crippen LogP contribution in [0.25, 0.3) is 0 Å². The van der Waals surface area contributed by atoms with E-state index >= 15 is 0 Å². The van der Waals surface area contributed by atoms with Crippen LogP contribution in [0.3, 0.4) is 0 Å². The molecule has 0 spiro atoms. The summed E-state index contributed by atoms with van der Waals surface area (Å²) in [5.74, 6) is -0.149. The number of ether oxygens (including phenoxy) is 1. The number of aromatic nitrogens is 1. The molecule has 1 unspecified atom stereocenters. The van der Waals surface area contributed by atoms with Crippen molar-refractivity contribution in [3.63, 3.8) is 0 Å².